The molecule has 3 heteroatoms. The summed E-state index contributed by atoms with van der Waals surface area (Å²) in [5, 5.41) is 2.76. The predicted molar refractivity (Wildman–Crippen MR) is 43.0 cm³/mol. The number of hydrogen-bond donors (Lipinski definition) is 1. The molecule has 0 aromatic rings. The Morgan fingerprint density at radius 1 is 1.25 bits per heavy atom. The molecule has 0 aromatic heterocycles. The fraction of sp³-hybridized carbons (Fsp3) is 1.00. The summed E-state index contributed by atoms with van der Waals surface area (Å²) in [6, 6.07) is 0. The van der Waals surface area contributed by atoms with Crippen LogP contribution in [-0.2, 0) is 0 Å². The van der Waals surface area contributed by atoms with Crippen LogP contribution >= 0.6 is 12.4 Å². The van der Waals surface area contributed by atoms with E-state index in [1.54, 1.807) is 0 Å². The van der Waals surface area contributed by atoms with Crippen molar-refractivity contribution in [3.8, 4) is 0 Å². The third-order valence-electron chi connectivity index (χ3n) is 1.39. The smallest absolute Gasteiger partial charge is 0.369 e. The van der Waals surface area contributed by atoms with Gasteiger partial charge in [-0.1, -0.05) is 24.4 Å². The summed E-state index contributed by atoms with van der Waals surface area (Å²) < 4.78 is 3.34. The number of rotatable bonds is 3. The Labute approximate surface area is 62.9 Å². The third-order valence-corrected chi connectivity index (χ3v) is 4.18. The number of nitrogens with one attached hydrogen (secondary N) is 1. The van der Waals surface area contributed by atoms with Crippen LogP contribution < -0.4 is 4.30 Å². The number of hydrogen-bond acceptors (Lipinski definition) is 1. The molecule has 0 saturated carbocycles. The molecule has 1 N–H and O–H groups in total. The van der Waals surface area contributed by atoms with Gasteiger partial charge in [0.2, 0.25) is 0 Å². The van der Waals surface area contributed by atoms with Crippen molar-refractivity contribution in [2.45, 2.75) is 24.4 Å². The van der Waals surface area contributed by atoms with E-state index in [-0.39, 0.29) is 12.4 Å². The Kier molecular flexibility index (Phi) is 11.2. The average Bonchev–Trinajstić information content (AvgIpc) is 1.72. The molecule has 0 aliphatic heterocycles. The van der Waals surface area contributed by atoms with Crippen LogP contribution in [0.5, 0.6) is 0 Å². The maximum Gasteiger partial charge on any atom is 0.369 e. The van der Waals surface area contributed by atoms with Gasteiger partial charge in [0.05, 0.1) is 0 Å². The minimum atomic E-state index is -0.421. The van der Waals surface area contributed by atoms with Gasteiger partial charge in [-0.15, -0.1) is 12.4 Å². The van der Waals surface area contributed by atoms with Crippen LogP contribution in [0.2, 0.25) is 10.6 Å². The molecule has 50 valence electrons. The van der Waals surface area contributed by atoms with Crippen molar-refractivity contribution in [3.63, 3.8) is 0 Å². The Morgan fingerprint density at radius 2 is 1.62 bits per heavy atom. The van der Waals surface area contributed by atoms with Crippen LogP contribution in [0, 0.1) is 0 Å². The zero-order valence-electron chi connectivity index (χ0n) is 5.90. The highest BCUT2D eigenvalue weighted by molar-refractivity contribution is 6.55. The first kappa shape index (κ1) is 11.6. The first-order valence-electron chi connectivity index (χ1n) is 3.02. The second-order valence-corrected chi connectivity index (χ2v) is 5.41. The minimum absolute atomic E-state index is 0. The highest BCUT2D eigenvalue weighted by Crippen LogP contribution is 1.90. The lowest BCUT2D eigenvalue weighted by Gasteiger charge is -1.99. The molecule has 0 aliphatic rings. The molecule has 0 bridgehead atoms. The van der Waals surface area contributed by atoms with Crippen molar-refractivity contribution in [1.29, 1.82) is 0 Å². The van der Waals surface area contributed by atoms with E-state index in [1.807, 2.05) is 0 Å². The molecule has 0 heterocycles. The van der Waals surface area contributed by atoms with Crippen molar-refractivity contribution in [3.05, 3.63) is 0 Å². The molecule has 0 amide bonds. The largest absolute Gasteiger partial charge is 0.401 e. The van der Waals surface area contributed by atoms with E-state index in [0.29, 0.717) is 0 Å². The molecule has 0 saturated heterocycles. The lowest BCUT2D eigenvalue weighted by molar-refractivity contribution is 1.12. The van der Waals surface area contributed by atoms with E-state index in [4.69, 9.17) is 0 Å². The van der Waals surface area contributed by atoms with Crippen LogP contribution in [-0.4, -0.2) is 21.4 Å². The van der Waals surface area contributed by atoms with E-state index in [1.165, 1.54) is 10.6 Å². The van der Waals surface area contributed by atoms with Gasteiger partial charge < -0.3 is 4.30 Å². The normalized spacial score (nSPS) is 7.88. The van der Waals surface area contributed by atoms with Gasteiger partial charge in [0.15, 0.2) is 0 Å². The molecule has 0 aliphatic carbocycles. The van der Waals surface area contributed by atoms with E-state index in [2.05, 4.69) is 25.2 Å². The zero-order chi connectivity index (χ0) is 5.70. The van der Waals surface area contributed by atoms with Crippen molar-refractivity contribution in [2.75, 3.05) is 7.05 Å². The van der Waals surface area contributed by atoms with Crippen LogP contribution in [0.3, 0.4) is 0 Å². The quantitative estimate of drug-likeness (QED) is 0.605. The van der Waals surface area contributed by atoms with Gasteiger partial charge in [-0.3, -0.25) is 0 Å². The van der Waals surface area contributed by atoms with Gasteiger partial charge in [0.1, 0.15) is 0 Å². The second-order valence-electron chi connectivity index (χ2n) is 1.80. The Morgan fingerprint density at radius 3 is 1.62 bits per heavy atom. The monoisotopic (exact) mass is 151 g/mol. The van der Waals surface area contributed by atoms with E-state index >= 15 is 0 Å². The van der Waals surface area contributed by atoms with Crippen molar-refractivity contribution in [2.24, 2.45) is 0 Å². The van der Waals surface area contributed by atoms with Crippen molar-refractivity contribution < 1.29 is 0 Å². The summed E-state index contributed by atoms with van der Waals surface area (Å²) in [5.74, 6) is 0. The summed E-state index contributed by atoms with van der Waals surface area (Å²) in [7, 11) is 2.07. The summed E-state index contributed by atoms with van der Waals surface area (Å²) in [6.07, 6.45) is 0. The minimum Gasteiger partial charge on any atom is -0.401 e. The maximum absolute atomic E-state index is 3.34. The van der Waals surface area contributed by atoms with Crippen LogP contribution in [0.15, 0.2) is 0 Å². The lowest BCUT2D eigenvalue weighted by atomic mass is 10.9. The standard InChI is InChI=1S/2C2H5.CH4N.Al.ClH/c3*1-2;;/h2*1H2,2H3;2H,1H3;;1H/q;;-1;+1;. The molecule has 0 aromatic carbocycles. The van der Waals surface area contributed by atoms with Crippen LogP contribution in [0.25, 0.3) is 0 Å². The SMILES string of the molecule is C[CH2][Al]([CH2]C)[NH]C.Cl. The summed E-state index contributed by atoms with van der Waals surface area (Å²) in [5.41, 5.74) is 0. The van der Waals surface area contributed by atoms with E-state index < -0.39 is 14.4 Å². The predicted octanol–water partition coefficient (Wildman–Crippen LogP) is 1.66. The van der Waals surface area contributed by atoms with Crippen LogP contribution in [0.1, 0.15) is 13.8 Å². The number of halogens is 1. The molecule has 8 heavy (non-hydrogen) atoms. The van der Waals surface area contributed by atoms with Crippen molar-refractivity contribution >= 4 is 26.8 Å². The molecule has 0 atom stereocenters. The second kappa shape index (κ2) is 7.78. The molecule has 0 spiro atoms. The lowest BCUT2D eigenvalue weighted by Crippen LogP contribution is -2.27. The summed E-state index contributed by atoms with van der Waals surface area (Å²) in [4.78, 5) is 0. The molecule has 0 fully saturated rings. The van der Waals surface area contributed by atoms with Gasteiger partial charge in [0.25, 0.3) is 0 Å². The van der Waals surface area contributed by atoms with Gasteiger partial charge in [-0.25, -0.2) is 0 Å². The Hall–Kier alpha value is 0.782. The van der Waals surface area contributed by atoms with Gasteiger partial charge >= 0.3 is 14.4 Å². The van der Waals surface area contributed by atoms with Crippen molar-refractivity contribution in [1.82, 2.24) is 4.30 Å². The molecule has 1 nitrogen and oxygen atoms in total. The molecular weight excluding hydrogens is 136 g/mol. The summed E-state index contributed by atoms with van der Waals surface area (Å²) in [6.45, 7) is 4.52. The summed E-state index contributed by atoms with van der Waals surface area (Å²) >= 11 is -0.421. The topological polar surface area (TPSA) is 12.0 Å². The average molecular weight is 152 g/mol. The zero-order valence-corrected chi connectivity index (χ0v) is 7.87. The van der Waals surface area contributed by atoms with Gasteiger partial charge in [0, 0.05) is 0 Å². The first-order chi connectivity index (χ1) is 3.35. The third kappa shape index (κ3) is 4.93. The highest BCUT2D eigenvalue weighted by Gasteiger charge is 2.07. The molecule has 0 unspecified atom stereocenters. The van der Waals surface area contributed by atoms with Gasteiger partial charge in [-0.05, 0) is 7.05 Å². The Balaban J connectivity index is 0. The molecule has 0 radical (unpaired) electrons. The maximum atomic E-state index is 3.34. The highest BCUT2D eigenvalue weighted by atomic mass is 35.5. The fourth-order valence-corrected chi connectivity index (χ4v) is 2.09. The Bertz CT molecular complexity index is 33.9. The van der Waals surface area contributed by atoms with E-state index in [0.717, 1.165) is 0 Å². The van der Waals surface area contributed by atoms with E-state index in [9.17, 15) is 0 Å². The first-order valence-corrected chi connectivity index (χ1v) is 5.23. The van der Waals surface area contributed by atoms with Gasteiger partial charge in [-0.2, -0.15) is 0 Å². The fourth-order valence-electron chi connectivity index (χ4n) is 0.697. The molecular formula is C5H15AlClN. The van der Waals surface area contributed by atoms with Crippen LogP contribution in [0.4, 0.5) is 0 Å². The molecule has 0 rings (SSSR count).